The average molecular weight is 514 g/mol. The monoisotopic (exact) mass is 513 g/mol. The van der Waals surface area contributed by atoms with E-state index in [1.54, 1.807) is 11.7 Å². The van der Waals surface area contributed by atoms with Crippen molar-refractivity contribution in [3.05, 3.63) is 52.8 Å². The first-order chi connectivity index (χ1) is 16.6. The highest BCUT2D eigenvalue weighted by molar-refractivity contribution is 7.89. The molecule has 1 amide bonds. The highest BCUT2D eigenvalue weighted by Gasteiger charge is 2.26. The number of hydrogen-bond donors (Lipinski definition) is 0. The minimum absolute atomic E-state index is 0.157. The molecule has 1 heterocycles. The normalized spacial score (nSPS) is 12.6. The van der Waals surface area contributed by atoms with Gasteiger partial charge in [-0.2, -0.15) is 9.30 Å². The number of hydrogen-bond acceptors (Lipinski definition) is 5. The second-order valence-corrected chi connectivity index (χ2v) is 12.0. The molecule has 2 aromatic carbocycles. The fraction of sp³-hybridized carbons (Fsp3) is 0.385. The Balaban J connectivity index is 1.97. The summed E-state index contributed by atoms with van der Waals surface area (Å²) in [4.78, 5) is 17.9. The summed E-state index contributed by atoms with van der Waals surface area (Å²) in [6.07, 6.45) is 5.56. The number of amides is 1. The summed E-state index contributed by atoms with van der Waals surface area (Å²) in [7, 11) is -2.10. The van der Waals surface area contributed by atoms with Gasteiger partial charge in [0, 0.05) is 18.7 Å². The molecule has 0 fully saturated rings. The van der Waals surface area contributed by atoms with E-state index in [-0.39, 0.29) is 23.3 Å². The predicted molar refractivity (Wildman–Crippen MR) is 140 cm³/mol. The lowest BCUT2D eigenvalue weighted by atomic mass is 10.2. The molecule has 0 aliphatic rings. The van der Waals surface area contributed by atoms with Gasteiger partial charge in [-0.05, 0) is 48.2 Å². The third kappa shape index (κ3) is 6.01. The molecule has 0 radical (unpaired) electrons. The summed E-state index contributed by atoms with van der Waals surface area (Å²) in [6, 6.07) is 11.5. The number of methoxy groups -OCH3 is 1. The zero-order valence-corrected chi connectivity index (χ0v) is 22.3. The van der Waals surface area contributed by atoms with Crippen molar-refractivity contribution in [3.8, 4) is 18.1 Å². The minimum atomic E-state index is -3.68. The third-order valence-corrected chi connectivity index (χ3v) is 8.10. The first kappa shape index (κ1) is 26.7. The third-order valence-electron chi connectivity index (χ3n) is 5.21. The van der Waals surface area contributed by atoms with Gasteiger partial charge in [0.25, 0.3) is 5.91 Å². The lowest BCUT2D eigenvalue weighted by Gasteiger charge is -2.25. The molecule has 186 valence electrons. The number of nitrogens with zero attached hydrogens (tertiary/aromatic N) is 3. The lowest BCUT2D eigenvalue weighted by Crippen LogP contribution is -2.37. The Kier molecular flexibility index (Phi) is 8.54. The zero-order valence-electron chi connectivity index (χ0n) is 20.7. The Morgan fingerprint density at radius 3 is 2.29 bits per heavy atom. The number of carbonyl (C=O) groups is 1. The van der Waals surface area contributed by atoms with Gasteiger partial charge in [-0.25, -0.2) is 8.42 Å². The van der Waals surface area contributed by atoms with Crippen molar-refractivity contribution >= 4 is 37.5 Å². The molecule has 0 spiro atoms. The molecule has 0 aliphatic carbocycles. The van der Waals surface area contributed by atoms with Crippen LogP contribution in [-0.4, -0.2) is 43.4 Å². The first-order valence-corrected chi connectivity index (χ1v) is 13.6. The zero-order chi connectivity index (χ0) is 25.8. The SMILES string of the molecule is C#CCn1c(=NC(=O)c2ccc(S(=O)(=O)N(CC(C)C)CC(C)C)cc2)sc2cccc(OC)c21. The van der Waals surface area contributed by atoms with Crippen LogP contribution < -0.4 is 9.54 Å². The van der Waals surface area contributed by atoms with Gasteiger partial charge in [0.1, 0.15) is 11.3 Å². The van der Waals surface area contributed by atoms with Crippen LogP contribution in [-0.2, 0) is 16.6 Å². The highest BCUT2D eigenvalue weighted by Crippen LogP contribution is 2.27. The van der Waals surface area contributed by atoms with Gasteiger partial charge in [-0.3, -0.25) is 4.79 Å². The number of benzene rings is 2. The smallest absolute Gasteiger partial charge is 0.279 e. The second kappa shape index (κ2) is 11.2. The first-order valence-electron chi connectivity index (χ1n) is 11.4. The Morgan fingerprint density at radius 2 is 1.74 bits per heavy atom. The van der Waals surface area contributed by atoms with E-state index in [2.05, 4.69) is 10.9 Å². The van der Waals surface area contributed by atoms with Gasteiger partial charge in [0.05, 0.1) is 23.2 Å². The minimum Gasteiger partial charge on any atom is -0.495 e. The number of ether oxygens (including phenoxy) is 1. The van der Waals surface area contributed by atoms with Gasteiger partial charge in [0.2, 0.25) is 10.0 Å². The van der Waals surface area contributed by atoms with E-state index >= 15 is 0 Å². The Hall–Kier alpha value is -2.93. The largest absolute Gasteiger partial charge is 0.495 e. The van der Waals surface area contributed by atoms with Gasteiger partial charge < -0.3 is 9.30 Å². The molecule has 0 unspecified atom stereocenters. The Labute approximate surface area is 211 Å². The van der Waals surface area contributed by atoms with E-state index < -0.39 is 15.9 Å². The van der Waals surface area contributed by atoms with Crippen LogP contribution in [0.2, 0.25) is 0 Å². The molecule has 35 heavy (non-hydrogen) atoms. The van der Waals surface area contributed by atoms with Crippen LogP contribution in [0.4, 0.5) is 0 Å². The van der Waals surface area contributed by atoms with Gasteiger partial charge >= 0.3 is 0 Å². The summed E-state index contributed by atoms with van der Waals surface area (Å²) in [6.45, 7) is 9.04. The maximum absolute atomic E-state index is 13.2. The molecule has 0 atom stereocenters. The van der Waals surface area contributed by atoms with Crippen LogP contribution in [0.3, 0.4) is 0 Å². The van der Waals surface area contributed by atoms with Gasteiger partial charge in [-0.1, -0.05) is 51.0 Å². The second-order valence-electron chi connectivity index (χ2n) is 9.03. The highest BCUT2D eigenvalue weighted by atomic mass is 32.2. The van der Waals surface area contributed by atoms with E-state index in [1.807, 2.05) is 45.9 Å². The average Bonchev–Trinajstić information content (AvgIpc) is 3.15. The summed E-state index contributed by atoms with van der Waals surface area (Å²) < 4.78 is 36.1. The van der Waals surface area contributed by atoms with Crippen LogP contribution in [0.5, 0.6) is 5.75 Å². The maximum Gasteiger partial charge on any atom is 0.279 e. The maximum atomic E-state index is 13.2. The topological polar surface area (TPSA) is 81.0 Å². The van der Waals surface area contributed by atoms with Crippen molar-refractivity contribution in [2.24, 2.45) is 16.8 Å². The summed E-state index contributed by atoms with van der Waals surface area (Å²) in [5.74, 6) is 3.15. The number of carbonyl (C=O) groups excluding carboxylic acids is 1. The number of para-hydroxylation sites is 1. The Morgan fingerprint density at radius 1 is 1.11 bits per heavy atom. The number of thiazole rings is 1. The molecular weight excluding hydrogens is 482 g/mol. The van der Waals surface area contributed by atoms with Crippen LogP contribution in [0, 0.1) is 24.2 Å². The number of sulfonamides is 1. The van der Waals surface area contributed by atoms with E-state index in [0.717, 1.165) is 10.2 Å². The molecule has 0 saturated heterocycles. The standard InChI is InChI=1S/C26H31N3O4S2/c1-7-15-29-24-22(33-6)9-8-10-23(24)34-26(29)27-25(30)20-11-13-21(14-12-20)35(31,32)28(16-18(2)3)17-19(4)5/h1,8-14,18-19H,15-17H2,2-6H3. The summed E-state index contributed by atoms with van der Waals surface area (Å²) in [5.41, 5.74) is 1.07. The number of aromatic nitrogens is 1. The van der Waals surface area contributed by atoms with E-state index in [0.29, 0.717) is 29.2 Å². The van der Waals surface area contributed by atoms with Crippen molar-refractivity contribution in [2.45, 2.75) is 39.1 Å². The van der Waals surface area contributed by atoms with Crippen molar-refractivity contribution in [2.75, 3.05) is 20.2 Å². The van der Waals surface area contributed by atoms with E-state index in [9.17, 15) is 13.2 Å². The van der Waals surface area contributed by atoms with Crippen molar-refractivity contribution < 1.29 is 17.9 Å². The predicted octanol–water partition coefficient (Wildman–Crippen LogP) is 4.39. The fourth-order valence-corrected chi connectivity index (χ4v) is 6.55. The number of fused-ring (bicyclic) bond motifs is 1. The van der Waals surface area contributed by atoms with Crippen molar-refractivity contribution in [1.82, 2.24) is 8.87 Å². The van der Waals surface area contributed by atoms with Crippen LogP contribution >= 0.6 is 11.3 Å². The number of rotatable bonds is 9. The van der Waals surface area contributed by atoms with E-state index in [4.69, 9.17) is 11.2 Å². The molecule has 3 aromatic rings. The molecule has 1 aromatic heterocycles. The van der Waals surface area contributed by atoms with Crippen molar-refractivity contribution in [3.63, 3.8) is 0 Å². The molecule has 9 heteroatoms. The van der Waals surface area contributed by atoms with E-state index in [1.165, 1.54) is 39.9 Å². The fourth-order valence-electron chi connectivity index (χ4n) is 3.74. The van der Waals surface area contributed by atoms with Gasteiger partial charge in [-0.15, -0.1) is 6.42 Å². The van der Waals surface area contributed by atoms with Gasteiger partial charge in [0.15, 0.2) is 4.80 Å². The molecule has 0 saturated carbocycles. The van der Waals surface area contributed by atoms with Crippen LogP contribution in [0.25, 0.3) is 10.2 Å². The van der Waals surface area contributed by atoms with Crippen LogP contribution in [0.1, 0.15) is 38.1 Å². The lowest BCUT2D eigenvalue weighted by molar-refractivity contribution is 0.0997. The molecule has 0 bridgehead atoms. The number of terminal acetylenes is 1. The van der Waals surface area contributed by atoms with Crippen molar-refractivity contribution in [1.29, 1.82) is 0 Å². The summed E-state index contributed by atoms with van der Waals surface area (Å²) in [5, 5.41) is 0. The molecule has 0 N–H and O–H groups in total. The molecule has 7 nitrogen and oxygen atoms in total. The Bertz CT molecular complexity index is 1400. The molecule has 3 rings (SSSR count). The van der Waals surface area contributed by atoms with Crippen LogP contribution in [0.15, 0.2) is 52.4 Å². The molecule has 0 aliphatic heterocycles. The molecular formula is C26H31N3O4S2. The quantitative estimate of drug-likeness (QED) is 0.398. The summed E-state index contributed by atoms with van der Waals surface area (Å²) >= 11 is 1.34.